The van der Waals surface area contributed by atoms with Gasteiger partial charge < -0.3 is 5.11 Å². The number of aryl methyl sites for hydroxylation is 2. The van der Waals surface area contributed by atoms with E-state index in [1.54, 1.807) is 4.68 Å². The molecule has 0 spiro atoms. The number of aliphatic carboxylic acids is 1. The van der Waals surface area contributed by atoms with Gasteiger partial charge in [-0.2, -0.15) is 5.10 Å². The molecule has 1 N–H and O–H groups in total. The molecule has 4 nitrogen and oxygen atoms in total. The van der Waals surface area contributed by atoms with Crippen molar-refractivity contribution in [2.45, 2.75) is 32.7 Å². The first-order valence-corrected chi connectivity index (χ1v) is 6.53. The fourth-order valence-corrected chi connectivity index (χ4v) is 2.29. The summed E-state index contributed by atoms with van der Waals surface area (Å²) in [6.45, 7) is 4.53. The van der Waals surface area contributed by atoms with Crippen molar-refractivity contribution in [1.29, 1.82) is 0 Å². The summed E-state index contributed by atoms with van der Waals surface area (Å²) in [5.74, 6) is -1.98. The maximum Gasteiger partial charge on any atom is 0.311 e. The number of carboxylic acids is 1. The molecule has 0 saturated carbocycles. The van der Waals surface area contributed by atoms with Crippen molar-refractivity contribution in [3.8, 4) is 0 Å². The van der Waals surface area contributed by atoms with Gasteiger partial charge in [0.15, 0.2) is 0 Å². The fourth-order valence-electron chi connectivity index (χ4n) is 2.29. The Morgan fingerprint density at radius 2 is 2.05 bits per heavy atom. The number of aromatic nitrogens is 2. The van der Waals surface area contributed by atoms with Crippen LogP contribution >= 0.6 is 0 Å². The van der Waals surface area contributed by atoms with Gasteiger partial charge in [-0.15, -0.1) is 0 Å². The molecule has 0 saturated heterocycles. The van der Waals surface area contributed by atoms with E-state index in [4.69, 9.17) is 0 Å². The van der Waals surface area contributed by atoms with Crippen LogP contribution in [0.25, 0.3) is 0 Å². The van der Waals surface area contributed by atoms with Gasteiger partial charge >= 0.3 is 5.97 Å². The standard InChI is InChI=1S/C15H17FN2O2/c1-3-18-13(8-10(2)17-18)9-14(15(19)20)11-4-6-12(16)7-5-11/h4-8,14H,3,9H2,1-2H3,(H,19,20). The lowest BCUT2D eigenvalue weighted by Crippen LogP contribution is -2.16. The molecule has 0 aliphatic carbocycles. The number of hydrogen-bond donors (Lipinski definition) is 1. The molecule has 1 unspecified atom stereocenters. The molecule has 1 atom stereocenters. The van der Waals surface area contributed by atoms with Gasteiger partial charge in [0.25, 0.3) is 0 Å². The van der Waals surface area contributed by atoms with Gasteiger partial charge in [0, 0.05) is 18.7 Å². The Hall–Kier alpha value is -2.17. The van der Waals surface area contributed by atoms with Crippen LogP contribution in [0.3, 0.4) is 0 Å². The number of nitrogens with zero attached hydrogens (tertiary/aromatic N) is 2. The fraction of sp³-hybridized carbons (Fsp3) is 0.333. The Morgan fingerprint density at radius 1 is 1.40 bits per heavy atom. The third-order valence-electron chi connectivity index (χ3n) is 3.27. The van der Waals surface area contributed by atoms with E-state index in [1.165, 1.54) is 24.3 Å². The number of hydrogen-bond acceptors (Lipinski definition) is 2. The van der Waals surface area contributed by atoms with Crippen molar-refractivity contribution in [2.75, 3.05) is 0 Å². The smallest absolute Gasteiger partial charge is 0.311 e. The van der Waals surface area contributed by atoms with Crippen LogP contribution in [-0.2, 0) is 17.8 Å². The van der Waals surface area contributed by atoms with Gasteiger partial charge in [-0.25, -0.2) is 4.39 Å². The lowest BCUT2D eigenvalue weighted by atomic mass is 9.94. The largest absolute Gasteiger partial charge is 0.481 e. The van der Waals surface area contributed by atoms with Crippen molar-refractivity contribution in [3.63, 3.8) is 0 Å². The third-order valence-corrected chi connectivity index (χ3v) is 3.27. The second kappa shape index (κ2) is 5.86. The molecule has 0 radical (unpaired) electrons. The minimum atomic E-state index is -0.918. The van der Waals surface area contributed by atoms with Gasteiger partial charge in [0.1, 0.15) is 5.82 Å². The Balaban J connectivity index is 2.30. The van der Waals surface area contributed by atoms with Crippen LogP contribution in [0.1, 0.15) is 29.8 Å². The summed E-state index contributed by atoms with van der Waals surface area (Å²) < 4.78 is 14.7. The Morgan fingerprint density at radius 3 is 2.60 bits per heavy atom. The van der Waals surface area contributed by atoms with Crippen LogP contribution < -0.4 is 0 Å². The highest BCUT2D eigenvalue weighted by molar-refractivity contribution is 5.76. The zero-order chi connectivity index (χ0) is 14.7. The van der Waals surface area contributed by atoms with Crippen LogP contribution in [0.5, 0.6) is 0 Å². The number of carbonyl (C=O) groups is 1. The Kier molecular flexibility index (Phi) is 4.17. The molecule has 5 heteroatoms. The van der Waals surface area contributed by atoms with Crippen molar-refractivity contribution in [2.24, 2.45) is 0 Å². The predicted octanol–water partition coefficient (Wildman–Crippen LogP) is 2.76. The first kappa shape index (κ1) is 14.2. The quantitative estimate of drug-likeness (QED) is 0.913. The number of benzene rings is 1. The van der Waals surface area contributed by atoms with Gasteiger partial charge in [-0.05, 0) is 37.6 Å². The van der Waals surface area contributed by atoms with Crippen molar-refractivity contribution >= 4 is 5.97 Å². The number of carboxylic acid groups (broad SMARTS) is 1. The van der Waals surface area contributed by atoms with Crippen molar-refractivity contribution in [3.05, 3.63) is 53.1 Å². The van der Waals surface area contributed by atoms with E-state index in [1.807, 2.05) is 19.9 Å². The normalized spacial score (nSPS) is 12.3. The lowest BCUT2D eigenvalue weighted by molar-refractivity contribution is -0.138. The van der Waals surface area contributed by atoms with Gasteiger partial charge in [-0.3, -0.25) is 9.48 Å². The van der Waals surface area contributed by atoms with E-state index in [-0.39, 0.29) is 5.82 Å². The first-order valence-electron chi connectivity index (χ1n) is 6.53. The molecule has 20 heavy (non-hydrogen) atoms. The highest BCUT2D eigenvalue weighted by Crippen LogP contribution is 2.22. The minimum Gasteiger partial charge on any atom is -0.481 e. The van der Waals surface area contributed by atoms with E-state index >= 15 is 0 Å². The number of halogens is 1. The van der Waals surface area contributed by atoms with E-state index in [2.05, 4.69) is 5.10 Å². The van der Waals surface area contributed by atoms with Crippen molar-refractivity contribution < 1.29 is 14.3 Å². The maximum atomic E-state index is 12.9. The SMILES string of the molecule is CCn1nc(C)cc1CC(C(=O)O)c1ccc(F)cc1. The molecule has 0 aliphatic heterocycles. The molecule has 2 rings (SSSR count). The van der Waals surface area contributed by atoms with E-state index in [0.29, 0.717) is 18.5 Å². The van der Waals surface area contributed by atoms with Gasteiger partial charge in [-0.1, -0.05) is 12.1 Å². The van der Waals surface area contributed by atoms with E-state index < -0.39 is 11.9 Å². The summed E-state index contributed by atoms with van der Waals surface area (Å²) in [7, 11) is 0. The highest BCUT2D eigenvalue weighted by Gasteiger charge is 2.22. The van der Waals surface area contributed by atoms with E-state index in [0.717, 1.165) is 11.4 Å². The van der Waals surface area contributed by atoms with Crippen LogP contribution in [-0.4, -0.2) is 20.9 Å². The Bertz CT molecular complexity index is 605. The lowest BCUT2D eigenvalue weighted by Gasteiger charge is -2.13. The summed E-state index contributed by atoms with van der Waals surface area (Å²) >= 11 is 0. The zero-order valence-corrected chi connectivity index (χ0v) is 11.5. The summed E-state index contributed by atoms with van der Waals surface area (Å²) in [5.41, 5.74) is 2.34. The van der Waals surface area contributed by atoms with Crippen LogP contribution in [0.15, 0.2) is 30.3 Å². The number of rotatable bonds is 5. The molecule has 2 aromatic rings. The zero-order valence-electron chi connectivity index (χ0n) is 11.5. The minimum absolute atomic E-state index is 0.343. The maximum absolute atomic E-state index is 12.9. The summed E-state index contributed by atoms with van der Waals surface area (Å²) in [6, 6.07) is 7.51. The third kappa shape index (κ3) is 3.04. The molecule has 0 bridgehead atoms. The molecule has 0 amide bonds. The molecule has 1 aromatic carbocycles. The average Bonchev–Trinajstić information content (AvgIpc) is 2.77. The molecule has 0 aliphatic rings. The second-order valence-electron chi connectivity index (χ2n) is 4.74. The van der Waals surface area contributed by atoms with Crippen LogP contribution in [0.4, 0.5) is 4.39 Å². The monoisotopic (exact) mass is 276 g/mol. The topological polar surface area (TPSA) is 55.1 Å². The van der Waals surface area contributed by atoms with Crippen LogP contribution in [0, 0.1) is 12.7 Å². The van der Waals surface area contributed by atoms with Crippen molar-refractivity contribution in [1.82, 2.24) is 9.78 Å². The molecule has 1 aromatic heterocycles. The van der Waals surface area contributed by atoms with E-state index in [9.17, 15) is 14.3 Å². The van der Waals surface area contributed by atoms with Gasteiger partial charge in [0.05, 0.1) is 11.6 Å². The summed E-state index contributed by atoms with van der Waals surface area (Å²) in [4.78, 5) is 11.5. The predicted molar refractivity (Wildman–Crippen MR) is 73.1 cm³/mol. The second-order valence-corrected chi connectivity index (χ2v) is 4.74. The molecular formula is C15H17FN2O2. The molecular weight excluding hydrogens is 259 g/mol. The first-order chi connectivity index (χ1) is 9.51. The molecule has 1 heterocycles. The summed E-state index contributed by atoms with van der Waals surface area (Å²) in [5, 5.41) is 13.7. The average molecular weight is 276 g/mol. The highest BCUT2D eigenvalue weighted by atomic mass is 19.1. The summed E-state index contributed by atoms with van der Waals surface area (Å²) in [6.07, 6.45) is 0.343. The van der Waals surface area contributed by atoms with Gasteiger partial charge in [0.2, 0.25) is 0 Å². The Labute approximate surface area is 116 Å². The molecule has 106 valence electrons. The molecule has 0 fully saturated rings. The van der Waals surface area contributed by atoms with Crippen LogP contribution in [0.2, 0.25) is 0 Å².